The number of carboxylic acids is 1. The summed E-state index contributed by atoms with van der Waals surface area (Å²) >= 11 is 4.65. The van der Waals surface area contributed by atoms with Gasteiger partial charge in [0.05, 0.1) is 0 Å². The minimum absolute atomic E-state index is 0.189. The van der Waals surface area contributed by atoms with Crippen LogP contribution in [0.1, 0.15) is 5.69 Å². The lowest BCUT2D eigenvalue weighted by atomic mass is 10.0. The van der Waals surface area contributed by atoms with Gasteiger partial charge in [-0.05, 0) is 16.0 Å². The molecule has 0 bridgehead atoms. The van der Waals surface area contributed by atoms with Crippen LogP contribution in [0.5, 0.6) is 0 Å². The van der Waals surface area contributed by atoms with Gasteiger partial charge in [0, 0.05) is 35.4 Å². The highest BCUT2D eigenvalue weighted by molar-refractivity contribution is 8.01. The summed E-state index contributed by atoms with van der Waals surface area (Å²) in [5.41, 5.74) is -0.336. The third-order valence-corrected chi connectivity index (χ3v) is 10.2. The molecule has 2 atom stereocenters. The van der Waals surface area contributed by atoms with E-state index in [4.69, 9.17) is 4.84 Å². The van der Waals surface area contributed by atoms with Crippen molar-refractivity contribution in [3.8, 4) is 0 Å². The summed E-state index contributed by atoms with van der Waals surface area (Å²) in [5, 5.41) is 29.4. The molecular weight excluding hydrogens is 648 g/mol. The number of nitrogens with zero attached hydrogens (tertiary/aromatic N) is 7. The van der Waals surface area contributed by atoms with E-state index < -0.39 is 52.1 Å². The molecule has 2 aromatic rings. The number of thiazole rings is 1. The number of carboxylic acid groups (broad SMARTS) is 1. The number of rotatable bonds is 10. The van der Waals surface area contributed by atoms with Gasteiger partial charge in [-0.15, -0.1) is 28.2 Å². The van der Waals surface area contributed by atoms with Crippen LogP contribution in [-0.2, 0) is 31.1 Å². The molecule has 3 aliphatic rings. The fourth-order valence-corrected chi connectivity index (χ4v) is 7.29. The van der Waals surface area contributed by atoms with Crippen LogP contribution in [-0.4, -0.2) is 111 Å². The van der Waals surface area contributed by atoms with Crippen molar-refractivity contribution in [2.24, 2.45) is 12.2 Å². The third-order valence-electron chi connectivity index (χ3n) is 5.83. The topological polar surface area (TPSA) is 194 Å². The van der Waals surface area contributed by atoms with Crippen LogP contribution in [0.25, 0.3) is 0 Å². The molecule has 42 heavy (non-hydrogen) atoms. The van der Waals surface area contributed by atoms with Gasteiger partial charge < -0.3 is 15.3 Å². The maximum absolute atomic E-state index is 13.3. The number of β-lactam (4-membered cyclic amide) rings is 1. The largest absolute Gasteiger partial charge is 0.477 e. The van der Waals surface area contributed by atoms with Crippen molar-refractivity contribution < 1.29 is 42.3 Å². The molecule has 15 nitrogen and oxygen atoms in total. The first-order valence-corrected chi connectivity index (χ1v) is 15.7. The Morgan fingerprint density at radius 2 is 2.07 bits per heavy atom. The zero-order valence-corrected chi connectivity index (χ0v) is 24.3. The first-order chi connectivity index (χ1) is 19.9. The van der Waals surface area contributed by atoms with Crippen molar-refractivity contribution in [2.75, 3.05) is 28.3 Å². The van der Waals surface area contributed by atoms with Gasteiger partial charge in [-0.2, -0.15) is 24.9 Å². The second kappa shape index (κ2) is 12.1. The second-order valence-electron chi connectivity index (χ2n) is 8.69. The summed E-state index contributed by atoms with van der Waals surface area (Å²) in [6.45, 7) is 0. The van der Waals surface area contributed by atoms with Crippen LogP contribution in [0.2, 0.25) is 0 Å². The fraction of sp³-hybridized carbons (Fsp3) is 0.450. The van der Waals surface area contributed by atoms with E-state index in [2.05, 4.69) is 31.0 Å². The maximum Gasteiger partial charge on any atom is 0.471 e. The Hall–Kier alpha value is -3.37. The van der Waals surface area contributed by atoms with E-state index in [-0.39, 0.29) is 29.0 Å². The molecule has 2 aromatic heterocycles. The number of aromatic nitrogens is 5. The molecule has 5 heterocycles. The van der Waals surface area contributed by atoms with Gasteiger partial charge in [0.1, 0.15) is 28.9 Å². The Bertz CT molecular complexity index is 1490. The molecule has 0 spiro atoms. The number of hydrogen-bond donors (Lipinski definition) is 3. The Morgan fingerprint density at radius 3 is 2.69 bits per heavy atom. The molecule has 2 fully saturated rings. The molecule has 0 aromatic carbocycles. The number of amides is 3. The number of aliphatic carboxylic acids is 1. The predicted molar refractivity (Wildman–Crippen MR) is 145 cm³/mol. The number of alkyl halides is 3. The molecule has 3 amide bonds. The smallest absolute Gasteiger partial charge is 0.471 e. The number of thioether (sulfide) groups is 3. The molecule has 1 unspecified atom stereocenters. The number of anilines is 1. The molecule has 0 saturated carbocycles. The average molecular weight is 666 g/mol. The number of tetrazole rings is 1. The standard InChI is InChI=1S/C20H18F3N9O6S4/c1-31-19(27-29-30-31)42-3-7-2-40-15-11(14(34)32(15)12(7)16(35)36)25-13(33)10(28-38-8-4-39-5-8)9-6-41-18(24-9)26-17(37)20(21,22)23/h6,8,11,15H,2-5H2,1H3,(H,25,33)(H,35,36)(H,24,26,37)/t11?,15-/m0/s1. The van der Waals surface area contributed by atoms with E-state index in [1.165, 1.54) is 33.6 Å². The highest BCUT2D eigenvalue weighted by Crippen LogP contribution is 2.41. The fourth-order valence-electron chi connectivity index (χ4n) is 3.71. The minimum Gasteiger partial charge on any atom is -0.477 e. The maximum atomic E-state index is 13.3. The van der Waals surface area contributed by atoms with Crippen molar-refractivity contribution in [1.82, 2.24) is 35.4 Å². The van der Waals surface area contributed by atoms with Crippen LogP contribution in [0.4, 0.5) is 18.3 Å². The van der Waals surface area contributed by atoms with Crippen molar-refractivity contribution in [3.05, 3.63) is 22.3 Å². The van der Waals surface area contributed by atoms with Gasteiger partial charge >= 0.3 is 18.1 Å². The number of aryl methyl sites for hydroxylation is 1. The zero-order valence-electron chi connectivity index (χ0n) is 21.0. The summed E-state index contributed by atoms with van der Waals surface area (Å²) < 4.78 is 39.3. The Morgan fingerprint density at radius 1 is 1.31 bits per heavy atom. The van der Waals surface area contributed by atoms with Gasteiger partial charge in [0.2, 0.25) is 5.16 Å². The number of carbonyl (C=O) groups excluding carboxylic acids is 3. The molecule has 0 radical (unpaired) electrons. The number of nitrogens with one attached hydrogen (secondary N) is 2. The van der Waals surface area contributed by atoms with Gasteiger partial charge in [0.25, 0.3) is 11.8 Å². The number of fused-ring (bicyclic) bond motifs is 1. The molecule has 0 aliphatic carbocycles. The van der Waals surface area contributed by atoms with Crippen LogP contribution in [0.3, 0.4) is 0 Å². The average Bonchev–Trinajstić information content (AvgIpc) is 3.54. The quantitative estimate of drug-likeness (QED) is 0.138. The minimum atomic E-state index is -5.15. The predicted octanol–water partition coefficient (Wildman–Crippen LogP) is 0.534. The molecule has 2 saturated heterocycles. The summed E-state index contributed by atoms with van der Waals surface area (Å²) in [7, 11) is 1.63. The summed E-state index contributed by atoms with van der Waals surface area (Å²) in [6, 6.07) is -1.12. The summed E-state index contributed by atoms with van der Waals surface area (Å²) in [6.07, 6.45) is -5.44. The molecular formula is C20H18F3N9O6S4. The highest BCUT2D eigenvalue weighted by atomic mass is 32.2. The first-order valence-electron chi connectivity index (χ1n) is 11.7. The van der Waals surface area contributed by atoms with E-state index in [9.17, 15) is 37.5 Å². The summed E-state index contributed by atoms with van der Waals surface area (Å²) in [4.78, 5) is 60.1. The molecule has 224 valence electrons. The van der Waals surface area contributed by atoms with Crippen LogP contribution < -0.4 is 10.6 Å². The van der Waals surface area contributed by atoms with E-state index >= 15 is 0 Å². The highest BCUT2D eigenvalue weighted by Gasteiger charge is 2.54. The molecule has 22 heteroatoms. The van der Waals surface area contributed by atoms with Crippen molar-refractivity contribution in [2.45, 2.75) is 28.9 Å². The van der Waals surface area contributed by atoms with Gasteiger partial charge in [0.15, 0.2) is 10.8 Å². The number of oxime groups is 1. The van der Waals surface area contributed by atoms with Gasteiger partial charge in [-0.25, -0.2) is 14.5 Å². The first kappa shape index (κ1) is 30.1. The number of hydrogen-bond acceptors (Lipinski definition) is 14. The number of halogens is 3. The second-order valence-corrected chi connectivity index (χ2v) is 12.7. The zero-order chi connectivity index (χ0) is 30.2. The Labute approximate surface area is 250 Å². The SMILES string of the molecule is Cn1nnnc1SCC1=C(C(=O)O)N2C(=O)C(NC(=O)C(=NOC3CSC3)c3csc(NC(=O)C(F)(F)F)n3)[C@@H]2SC1. The van der Waals surface area contributed by atoms with Crippen LogP contribution in [0, 0.1) is 0 Å². The van der Waals surface area contributed by atoms with Gasteiger partial charge in [-0.1, -0.05) is 16.9 Å². The third kappa shape index (κ3) is 6.20. The summed E-state index contributed by atoms with van der Waals surface area (Å²) in [5.74, 6) is -3.47. The monoisotopic (exact) mass is 665 g/mol. The Kier molecular flexibility index (Phi) is 8.66. The van der Waals surface area contributed by atoms with Crippen molar-refractivity contribution >= 4 is 81.2 Å². The lowest BCUT2D eigenvalue weighted by molar-refractivity contribution is -0.167. The normalized spacial score (nSPS) is 20.9. The van der Waals surface area contributed by atoms with Crippen LogP contribution in [0.15, 0.2) is 27.0 Å². The van der Waals surface area contributed by atoms with E-state index in [0.717, 1.165) is 4.90 Å². The number of carbonyl (C=O) groups is 4. The van der Waals surface area contributed by atoms with E-state index in [1.807, 2.05) is 0 Å². The Balaban J connectivity index is 1.30. The van der Waals surface area contributed by atoms with E-state index in [0.29, 0.717) is 33.6 Å². The lowest BCUT2D eigenvalue weighted by Gasteiger charge is -2.49. The van der Waals surface area contributed by atoms with Crippen molar-refractivity contribution in [3.63, 3.8) is 0 Å². The van der Waals surface area contributed by atoms with Crippen molar-refractivity contribution in [1.29, 1.82) is 0 Å². The molecule has 5 rings (SSSR count). The van der Waals surface area contributed by atoms with Crippen LogP contribution >= 0.6 is 46.6 Å². The van der Waals surface area contributed by atoms with Gasteiger partial charge in [-0.3, -0.25) is 24.6 Å². The molecule has 3 N–H and O–H groups in total. The lowest BCUT2D eigenvalue weighted by Crippen LogP contribution is -2.71. The molecule has 3 aliphatic heterocycles. The van der Waals surface area contributed by atoms with E-state index in [1.54, 1.807) is 24.1 Å².